The minimum Gasteiger partial charge on any atom is -0.509 e. The van der Waals surface area contributed by atoms with E-state index in [1.54, 1.807) is 0 Å². The molecule has 13 rings (SSSR count). The zero-order valence-electron chi connectivity index (χ0n) is 53.1. The molecule has 388 valence electrons. The van der Waals surface area contributed by atoms with Gasteiger partial charge in [0.25, 0.3) is 0 Å². The van der Waals surface area contributed by atoms with Crippen molar-refractivity contribution < 1.29 is 38.1 Å². The number of nitrogens with zero attached hydrogens (tertiary/aromatic N) is 4. The smallest absolute Gasteiger partial charge is 0.135 e. The first-order valence-electron chi connectivity index (χ1n) is 30.6. The summed E-state index contributed by atoms with van der Waals surface area (Å²) in [5, 5.41) is 7.69. The Hall–Kier alpha value is -8.11. The second kappa shape index (κ2) is 19.1. The van der Waals surface area contributed by atoms with E-state index in [2.05, 4.69) is 138 Å². The molecule has 1 aliphatic heterocycles. The van der Waals surface area contributed by atoms with Crippen LogP contribution in [-0.2, 0) is 37.3 Å². The molecule has 5 nitrogen and oxygen atoms in total. The molecule has 0 bridgehead atoms. The maximum Gasteiger partial charge on any atom is 0.135 e. The van der Waals surface area contributed by atoms with Crippen LogP contribution in [0.4, 0.5) is 11.4 Å². The molecule has 0 unspecified atom stereocenters. The van der Waals surface area contributed by atoms with Crippen molar-refractivity contribution in [3.8, 4) is 39.6 Å². The molecule has 0 amide bonds. The average molecular weight is 1200 g/mol. The van der Waals surface area contributed by atoms with Gasteiger partial charge in [0.15, 0.2) is 0 Å². The van der Waals surface area contributed by atoms with E-state index in [9.17, 15) is 0 Å². The summed E-state index contributed by atoms with van der Waals surface area (Å²) in [5.74, 6) is 1.69. The van der Waals surface area contributed by atoms with Crippen molar-refractivity contribution in [1.29, 1.82) is 0 Å². The summed E-state index contributed by atoms with van der Waals surface area (Å²) in [4.78, 5) is 7.01. The molecule has 1 aliphatic rings. The van der Waals surface area contributed by atoms with Crippen molar-refractivity contribution >= 4 is 76.5 Å². The predicted molar refractivity (Wildman–Crippen MR) is 324 cm³/mol. The maximum absolute atomic E-state index is 8.82. The quantitative estimate of drug-likeness (QED) is 0.156. The SMILES string of the molecule is [2H]C([2H])([2H])C(c1cc(-c2cccc3c4ccccc4c4ccccc4c4cccc5c4n(c23)[CH-]N5c2[c-]c(Oc3[c-]c4c(cc3)c3cc(-c5ccccc5)ccc3n4-c3cc(C(C)(C)C)ccn3)ccc2)cc(C(C)(C)C)c1)(C([2H])([2H])[2H])C([2H])([2H])[2H].[Pt]. The van der Waals surface area contributed by atoms with Crippen molar-refractivity contribution in [1.82, 2.24) is 14.1 Å². The molecule has 6 heteroatoms. The molecule has 3 aromatic heterocycles. The molecule has 0 atom stereocenters. The third-order valence-corrected chi connectivity index (χ3v) is 15.1. The first kappa shape index (κ1) is 41.0. The molecule has 78 heavy (non-hydrogen) atoms. The average Bonchev–Trinajstić information content (AvgIpc) is 1.22. The first-order valence-corrected chi connectivity index (χ1v) is 26.1. The number of ether oxygens (including phenoxy) is 1. The molecule has 0 saturated heterocycles. The van der Waals surface area contributed by atoms with Crippen LogP contribution >= 0.6 is 0 Å². The van der Waals surface area contributed by atoms with Gasteiger partial charge in [-0.05, 0) is 135 Å². The van der Waals surface area contributed by atoms with Crippen LogP contribution in [-0.4, -0.2) is 14.1 Å². The molecule has 0 radical (unpaired) electrons. The Labute approximate surface area is 485 Å². The fourth-order valence-corrected chi connectivity index (χ4v) is 11.2. The standard InChI is InChI=1S/C72H61N4O.Pt/c1-70(2,3)49-36-37-73-67(42-49)76-64-35-32-47(46-20-11-10-12-21-46)40-63(64)60-34-33-54(44-66(60)76)77-53-23-17-22-52(43-53)74-45-75-68-55(48-38-50(71(4,5)6)41-51(39-48)72(7,8)9)28-18-29-61(68)58-26-15-13-24-56(58)57-25-14-16-27-59(57)62-30-19-31-65(74)69(62)75;/h10-42,45H,1-9H3;/q-3;/i4D3,5D3,6D3;. The molecule has 0 saturated carbocycles. The zero-order chi connectivity index (χ0) is 60.5. The van der Waals surface area contributed by atoms with E-state index in [1.165, 1.54) is 12.1 Å². The van der Waals surface area contributed by atoms with E-state index in [0.717, 1.165) is 87.8 Å². The molecule has 0 fully saturated rings. The van der Waals surface area contributed by atoms with E-state index in [4.69, 9.17) is 22.1 Å². The van der Waals surface area contributed by atoms with Gasteiger partial charge in [0.1, 0.15) is 5.82 Å². The molecule has 0 spiro atoms. The van der Waals surface area contributed by atoms with Gasteiger partial charge in [0.2, 0.25) is 0 Å². The van der Waals surface area contributed by atoms with Crippen molar-refractivity contribution in [3.63, 3.8) is 0 Å². The van der Waals surface area contributed by atoms with Crippen molar-refractivity contribution in [2.24, 2.45) is 0 Å². The topological polar surface area (TPSA) is 35.2 Å². The van der Waals surface area contributed by atoms with Crippen LogP contribution in [0.1, 0.15) is 91.1 Å². The summed E-state index contributed by atoms with van der Waals surface area (Å²) in [5.41, 5.74) is 5.45. The van der Waals surface area contributed by atoms with Crippen LogP contribution < -0.4 is 9.64 Å². The van der Waals surface area contributed by atoms with Gasteiger partial charge in [-0.15, -0.1) is 35.7 Å². The van der Waals surface area contributed by atoms with Gasteiger partial charge >= 0.3 is 0 Å². The van der Waals surface area contributed by atoms with E-state index >= 15 is 0 Å². The number of rotatable bonds is 6. The van der Waals surface area contributed by atoms with Crippen molar-refractivity contribution in [2.45, 2.75) is 78.3 Å². The Morgan fingerprint density at radius 3 is 1.78 bits per heavy atom. The van der Waals surface area contributed by atoms with Crippen LogP contribution in [0.15, 0.2) is 200 Å². The Bertz CT molecular complexity index is 4740. The van der Waals surface area contributed by atoms with Gasteiger partial charge in [0.05, 0.1) is 0 Å². The minimum atomic E-state index is -3.48. The van der Waals surface area contributed by atoms with Crippen LogP contribution in [0.3, 0.4) is 0 Å². The molecule has 4 heterocycles. The third-order valence-electron chi connectivity index (χ3n) is 15.1. The fourth-order valence-electron chi connectivity index (χ4n) is 11.2. The van der Waals surface area contributed by atoms with Gasteiger partial charge in [-0.2, -0.15) is 12.1 Å². The molecule has 12 aromatic rings. The number of pyridine rings is 1. The predicted octanol–water partition coefficient (Wildman–Crippen LogP) is 19.5. The Balaban J connectivity index is 0.00000739. The zero-order valence-corrected chi connectivity index (χ0v) is 46.4. The Morgan fingerprint density at radius 1 is 0.474 bits per heavy atom. The summed E-state index contributed by atoms with van der Waals surface area (Å²) in [6, 6.07) is 71.8. The van der Waals surface area contributed by atoms with Gasteiger partial charge in [-0.3, -0.25) is 0 Å². The first-order chi connectivity index (χ1) is 40.8. The summed E-state index contributed by atoms with van der Waals surface area (Å²) >= 11 is 0. The van der Waals surface area contributed by atoms with Crippen LogP contribution in [0, 0.1) is 18.8 Å². The molecular weight excluding hydrogens is 1130 g/mol. The maximum atomic E-state index is 8.82. The number of aromatic nitrogens is 3. The van der Waals surface area contributed by atoms with Crippen molar-refractivity contribution in [2.75, 3.05) is 4.90 Å². The Morgan fingerprint density at radius 2 is 1.09 bits per heavy atom. The monoisotopic (exact) mass is 1200 g/mol. The number of hydrogen-bond donors (Lipinski definition) is 0. The summed E-state index contributed by atoms with van der Waals surface area (Å²) in [6.45, 7) is 3.99. The number of fused-ring (bicyclic) bond motifs is 10. The summed E-state index contributed by atoms with van der Waals surface area (Å²) in [7, 11) is 0. The van der Waals surface area contributed by atoms with Crippen LogP contribution in [0.5, 0.6) is 11.5 Å². The molecular formula is C72H61N4OPt-3. The van der Waals surface area contributed by atoms with Gasteiger partial charge in [0, 0.05) is 62.3 Å². The second-order valence-corrected chi connectivity index (χ2v) is 22.3. The number of anilines is 2. The number of para-hydroxylation sites is 2. The van der Waals surface area contributed by atoms with E-state index in [-0.39, 0.29) is 32.0 Å². The molecule has 0 N–H and O–H groups in total. The van der Waals surface area contributed by atoms with Gasteiger partial charge in [-0.1, -0.05) is 213 Å². The van der Waals surface area contributed by atoms with E-state index < -0.39 is 31.4 Å². The van der Waals surface area contributed by atoms with Crippen LogP contribution in [0.2, 0.25) is 0 Å². The van der Waals surface area contributed by atoms with E-state index in [0.29, 0.717) is 39.4 Å². The summed E-state index contributed by atoms with van der Waals surface area (Å²) in [6.07, 6.45) is 1.87. The normalized spacial score (nSPS) is 14.8. The van der Waals surface area contributed by atoms with Crippen molar-refractivity contribution in [3.05, 3.63) is 236 Å². The fraction of sp³-hybridized carbons (Fsp3) is 0.167. The number of benzene rings is 9. The molecule has 9 aromatic carbocycles. The number of hydrogen-bond acceptors (Lipinski definition) is 3. The minimum absolute atomic E-state index is 0. The Kier molecular flexibility index (Phi) is 10.1. The van der Waals surface area contributed by atoms with Gasteiger partial charge < -0.3 is 18.8 Å². The van der Waals surface area contributed by atoms with Crippen LogP contribution in [0.25, 0.3) is 93.2 Å². The second-order valence-electron chi connectivity index (χ2n) is 22.3. The molecule has 0 aliphatic carbocycles. The summed E-state index contributed by atoms with van der Waals surface area (Å²) < 4.78 is 90.5. The third kappa shape index (κ3) is 8.79. The van der Waals surface area contributed by atoms with Gasteiger partial charge in [-0.25, -0.2) is 4.98 Å². The largest absolute Gasteiger partial charge is 0.509 e. The van der Waals surface area contributed by atoms with E-state index in [1.807, 2.05) is 125 Å².